The molecule has 1 amide bonds. The molecule has 4 rings (SSSR count). The normalized spacial score (nSPS) is 21.2. The number of nitrogens with zero attached hydrogens (tertiary/aromatic N) is 3. The van der Waals surface area contributed by atoms with Gasteiger partial charge < -0.3 is 4.90 Å². The molecule has 154 valence electrons. The topological polar surface area (TPSA) is 45.6 Å². The van der Waals surface area contributed by atoms with E-state index < -0.39 is 0 Å². The molecule has 0 saturated heterocycles. The molecule has 1 aromatic carbocycles. The molecule has 1 aromatic heterocycles. The number of hydrogen-bond donors (Lipinski definition) is 0. The predicted octanol–water partition coefficient (Wildman–Crippen LogP) is 3.82. The largest absolute Gasteiger partial charge is 0.343 e. The van der Waals surface area contributed by atoms with Gasteiger partial charge in [-0.2, -0.15) is 0 Å². The lowest BCUT2D eigenvalue weighted by atomic mass is 9.79. The van der Waals surface area contributed by atoms with Crippen molar-refractivity contribution in [1.82, 2.24) is 14.4 Å². The van der Waals surface area contributed by atoms with E-state index in [1.165, 1.54) is 22.1 Å². The Kier molecular flexibility index (Phi) is 5.11. The van der Waals surface area contributed by atoms with Crippen LogP contribution in [-0.4, -0.2) is 57.9 Å². The summed E-state index contributed by atoms with van der Waals surface area (Å²) in [5, 5.41) is 1.17. The third-order valence-electron chi connectivity index (χ3n) is 6.57. The molecule has 0 bridgehead atoms. The Morgan fingerprint density at radius 2 is 1.93 bits per heavy atom. The Balaban J connectivity index is 1.88. The maximum atomic E-state index is 13.2. The molecule has 0 saturated carbocycles. The molecule has 0 spiro atoms. The van der Waals surface area contributed by atoms with Gasteiger partial charge in [-0.3, -0.25) is 19.1 Å². The Morgan fingerprint density at radius 1 is 1.21 bits per heavy atom. The standard InChI is InChI=1S/C24H31N3O2/c1-6-25(7-2)24(29)18-11-20-19-9-8-10-21-23(19)17(13-27(21)16(5)28)12-22(20)26(14-18)15(3)4/h8-11,13,15,18,22H,6-7,12,14H2,1-5H3/t18-,22-/m1/s1. The van der Waals surface area contributed by atoms with Crippen LogP contribution in [0.2, 0.25) is 0 Å². The van der Waals surface area contributed by atoms with E-state index in [0.29, 0.717) is 6.04 Å². The van der Waals surface area contributed by atoms with Crippen molar-refractivity contribution in [1.29, 1.82) is 0 Å². The van der Waals surface area contributed by atoms with Gasteiger partial charge >= 0.3 is 0 Å². The minimum atomic E-state index is -0.129. The van der Waals surface area contributed by atoms with Gasteiger partial charge in [0.05, 0.1) is 11.4 Å². The van der Waals surface area contributed by atoms with Crippen molar-refractivity contribution >= 4 is 28.3 Å². The van der Waals surface area contributed by atoms with Gasteiger partial charge in [0.25, 0.3) is 0 Å². The first-order chi connectivity index (χ1) is 13.9. The maximum absolute atomic E-state index is 13.2. The highest BCUT2D eigenvalue weighted by Crippen LogP contribution is 2.42. The second kappa shape index (κ2) is 7.45. The van der Waals surface area contributed by atoms with Gasteiger partial charge in [0.2, 0.25) is 11.8 Å². The van der Waals surface area contributed by atoms with E-state index in [2.05, 4.69) is 30.9 Å². The minimum Gasteiger partial charge on any atom is -0.343 e. The lowest BCUT2D eigenvalue weighted by Gasteiger charge is -2.44. The summed E-state index contributed by atoms with van der Waals surface area (Å²) in [6.07, 6.45) is 5.11. The van der Waals surface area contributed by atoms with Gasteiger partial charge in [-0.25, -0.2) is 0 Å². The van der Waals surface area contributed by atoms with Gasteiger partial charge in [-0.15, -0.1) is 0 Å². The summed E-state index contributed by atoms with van der Waals surface area (Å²) < 4.78 is 1.77. The van der Waals surface area contributed by atoms with Crippen molar-refractivity contribution in [2.75, 3.05) is 19.6 Å². The number of benzene rings is 1. The zero-order valence-corrected chi connectivity index (χ0v) is 18.1. The van der Waals surface area contributed by atoms with Crippen molar-refractivity contribution < 1.29 is 9.59 Å². The van der Waals surface area contributed by atoms with E-state index >= 15 is 0 Å². The van der Waals surface area contributed by atoms with Crippen molar-refractivity contribution in [3.63, 3.8) is 0 Å². The maximum Gasteiger partial charge on any atom is 0.230 e. The van der Waals surface area contributed by atoms with E-state index in [9.17, 15) is 9.59 Å². The van der Waals surface area contributed by atoms with Gasteiger partial charge in [0, 0.05) is 50.2 Å². The first-order valence-electron chi connectivity index (χ1n) is 10.8. The van der Waals surface area contributed by atoms with Crippen molar-refractivity contribution in [3.05, 3.63) is 41.6 Å². The van der Waals surface area contributed by atoms with Crippen LogP contribution in [0.4, 0.5) is 0 Å². The van der Waals surface area contributed by atoms with E-state index in [-0.39, 0.29) is 23.8 Å². The summed E-state index contributed by atoms with van der Waals surface area (Å²) in [6, 6.07) is 6.78. The molecule has 2 aromatic rings. The van der Waals surface area contributed by atoms with Gasteiger partial charge in [-0.1, -0.05) is 18.2 Å². The fourth-order valence-corrected chi connectivity index (χ4v) is 5.13. The SMILES string of the molecule is CCN(CC)C(=O)[C@@H]1C=C2c3cccc4c3c(cn4C(C)=O)C[C@H]2N(C(C)C)C1. The van der Waals surface area contributed by atoms with E-state index in [1.54, 1.807) is 11.5 Å². The molecule has 0 radical (unpaired) electrons. The first-order valence-corrected chi connectivity index (χ1v) is 10.8. The number of amides is 1. The van der Waals surface area contributed by atoms with Crippen LogP contribution in [0.1, 0.15) is 50.5 Å². The van der Waals surface area contributed by atoms with Crippen LogP contribution in [-0.2, 0) is 11.2 Å². The molecule has 1 aliphatic carbocycles. The third kappa shape index (κ3) is 3.12. The van der Waals surface area contributed by atoms with Gasteiger partial charge in [0.15, 0.2) is 0 Å². The van der Waals surface area contributed by atoms with Crippen molar-refractivity contribution in [2.45, 2.75) is 53.1 Å². The Morgan fingerprint density at radius 3 is 2.55 bits per heavy atom. The average Bonchev–Trinajstić information content (AvgIpc) is 3.08. The molecule has 0 unspecified atom stereocenters. The van der Waals surface area contributed by atoms with Gasteiger partial charge in [-0.05, 0) is 56.9 Å². The summed E-state index contributed by atoms with van der Waals surface area (Å²) in [5.74, 6) is 0.119. The highest BCUT2D eigenvalue weighted by Gasteiger charge is 2.39. The molecule has 5 nitrogen and oxygen atoms in total. The summed E-state index contributed by atoms with van der Waals surface area (Å²) in [6.45, 7) is 12.3. The van der Waals surface area contributed by atoms with E-state index in [0.717, 1.165) is 31.6 Å². The number of fused-ring (bicyclic) bond motifs is 2. The number of aromatic nitrogens is 1. The number of carbonyl (C=O) groups excluding carboxylic acids is 2. The molecule has 1 aliphatic heterocycles. The molecule has 5 heteroatoms. The van der Waals surface area contributed by atoms with Crippen LogP contribution in [0.3, 0.4) is 0 Å². The van der Waals surface area contributed by atoms with Crippen LogP contribution >= 0.6 is 0 Å². The minimum absolute atomic E-state index is 0.0348. The summed E-state index contributed by atoms with van der Waals surface area (Å²) in [5.41, 5.74) is 4.62. The summed E-state index contributed by atoms with van der Waals surface area (Å²) >= 11 is 0. The Labute approximate surface area is 173 Å². The number of carbonyl (C=O) groups is 2. The second-order valence-electron chi connectivity index (χ2n) is 8.49. The lowest BCUT2D eigenvalue weighted by molar-refractivity contribution is -0.134. The smallest absolute Gasteiger partial charge is 0.230 e. The second-order valence-corrected chi connectivity index (χ2v) is 8.49. The zero-order chi connectivity index (χ0) is 20.9. The van der Waals surface area contributed by atoms with Crippen LogP contribution in [0.5, 0.6) is 0 Å². The molecule has 2 aliphatic rings. The van der Waals surface area contributed by atoms with Crippen molar-refractivity contribution in [2.24, 2.45) is 5.92 Å². The van der Waals surface area contributed by atoms with Crippen molar-refractivity contribution in [3.8, 4) is 0 Å². The number of rotatable bonds is 4. The first kappa shape index (κ1) is 19.9. The molecule has 2 atom stereocenters. The fourth-order valence-electron chi connectivity index (χ4n) is 5.13. The van der Waals surface area contributed by atoms with Gasteiger partial charge in [0.1, 0.15) is 0 Å². The molecule has 29 heavy (non-hydrogen) atoms. The zero-order valence-electron chi connectivity index (χ0n) is 18.1. The quantitative estimate of drug-likeness (QED) is 0.793. The summed E-state index contributed by atoms with van der Waals surface area (Å²) in [4.78, 5) is 29.8. The van der Waals surface area contributed by atoms with Crippen LogP contribution in [0.25, 0.3) is 16.5 Å². The molecule has 0 N–H and O–H groups in total. The van der Waals surface area contributed by atoms with E-state index in [1.807, 2.05) is 37.1 Å². The third-order valence-corrected chi connectivity index (χ3v) is 6.57. The highest BCUT2D eigenvalue weighted by molar-refractivity contribution is 6.03. The molecular weight excluding hydrogens is 362 g/mol. The monoisotopic (exact) mass is 393 g/mol. The fraction of sp³-hybridized carbons (Fsp3) is 0.500. The van der Waals surface area contributed by atoms with Crippen LogP contribution in [0.15, 0.2) is 30.5 Å². The predicted molar refractivity (Wildman–Crippen MR) is 117 cm³/mol. The number of hydrogen-bond acceptors (Lipinski definition) is 3. The van der Waals surface area contributed by atoms with Crippen LogP contribution < -0.4 is 0 Å². The highest BCUT2D eigenvalue weighted by atomic mass is 16.2. The van der Waals surface area contributed by atoms with E-state index in [4.69, 9.17) is 0 Å². The Hall–Kier alpha value is -2.40. The van der Waals surface area contributed by atoms with Crippen LogP contribution in [0, 0.1) is 5.92 Å². The lowest BCUT2D eigenvalue weighted by Crippen LogP contribution is -2.51. The molecule has 0 fully saturated rings. The summed E-state index contributed by atoms with van der Waals surface area (Å²) in [7, 11) is 0. The molecular formula is C24H31N3O2. The molecule has 2 heterocycles. The average molecular weight is 394 g/mol. The Bertz CT molecular complexity index is 997.